The molecule has 0 radical (unpaired) electrons. The van der Waals surface area contributed by atoms with Crippen molar-refractivity contribution in [3.63, 3.8) is 0 Å². The molecule has 1 atom stereocenters. The van der Waals surface area contributed by atoms with E-state index in [1.165, 1.54) is 13.2 Å². The van der Waals surface area contributed by atoms with Gasteiger partial charge in [0, 0.05) is 42.0 Å². The van der Waals surface area contributed by atoms with Crippen molar-refractivity contribution in [1.82, 2.24) is 10.2 Å². The normalized spacial score (nSPS) is 15.5. The van der Waals surface area contributed by atoms with Gasteiger partial charge in [0.15, 0.2) is 11.5 Å². The van der Waals surface area contributed by atoms with Gasteiger partial charge in [0.25, 0.3) is 5.56 Å². The van der Waals surface area contributed by atoms with E-state index in [0.717, 1.165) is 5.56 Å². The summed E-state index contributed by atoms with van der Waals surface area (Å²) in [4.78, 5) is 38.2. The first kappa shape index (κ1) is 21.1. The molecule has 2 N–H and O–H groups in total. The van der Waals surface area contributed by atoms with Crippen LogP contribution in [0.4, 0.5) is 11.4 Å². The van der Waals surface area contributed by atoms with E-state index in [9.17, 15) is 14.4 Å². The van der Waals surface area contributed by atoms with Crippen LogP contribution in [0.5, 0.6) is 11.5 Å². The van der Waals surface area contributed by atoms with E-state index in [4.69, 9.17) is 9.47 Å². The first-order chi connectivity index (χ1) is 15.5. The molecule has 0 spiro atoms. The number of nitrogens with zero attached hydrogens (tertiary/aromatic N) is 2. The summed E-state index contributed by atoms with van der Waals surface area (Å²) in [5.74, 6) is 0.203. The quantitative estimate of drug-likeness (QED) is 0.616. The van der Waals surface area contributed by atoms with E-state index >= 15 is 0 Å². The molecule has 1 fully saturated rings. The maximum Gasteiger partial charge on any atom is 0.264 e. The predicted molar refractivity (Wildman–Crippen MR) is 119 cm³/mol. The van der Waals surface area contributed by atoms with Crippen LogP contribution in [0.15, 0.2) is 59.4 Å². The van der Waals surface area contributed by atoms with Crippen LogP contribution in [-0.2, 0) is 9.59 Å². The molecule has 164 valence electrons. The molecule has 9 heteroatoms. The first-order valence-electron chi connectivity index (χ1n) is 9.98. The molecule has 2 aromatic carbocycles. The molecule has 0 saturated carbocycles. The third-order valence-corrected chi connectivity index (χ3v) is 5.28. The van der Waals surface area contributed by atoms with Gasteiger partial charge < -0.3 is 19.7 Å². The van der Waals surface area contributed by atoms with E-state index in [-0.39, 0.29) is 30.3 Å². The van der Waals surface area contributed by atoms with Crippen LogP contribution in [-0.4, -0.2) is 42.8 Å². The fourth-order valence-electron chi connectivity index (χ4n) is 3.63. The minimum absolute atomic E-state index is 0.112. The molecule has 2 amide bonds. The lowest BCUT2D eigenvalue weighted by molar-refractivity contribution is -0.122. The molecule has 9 nitrogen and oxygen atoms in total. The number of hydrogen-bond donors (Lipinski definition) is 2. The number of H-pyrrole nitrogens is 1. The molecule has 1 saturated heterocycles. The van der Waals surface area contributed by atoms with E-state index in [2.05, 4.69) is 15.5 Å². The number of rotatable bonds is 6. The van der Waals surface area contributed by atoms with Crippen molar-refractivity contribution in [3.05, 3.63) is 65.0 Å². The zero-order chi connectivity index (χ0) is 22.7. The monoisotopic (exact) mass is 434 g/mol. The average Bonchev–Trinajstić information content (AvgIpc) is 3.21. The highest BCUT2D eigenvalue weighted by Crippen LogP contribution is 2.34. The highest BCUT2D eigenvalue weighted by molar-refractivity contribution is 6.03. The highest BCUT2D eigenvalue weighted by atomic mass is 16.5. The number of carbonyl (C=O) groups excluding carboxylic acids is 2. The largest absolute Gasteiger partial charge is 0.493 e. The third kappa shape index (κ3) is 4.31. The van der Waals surface area contributed by atoms with Gasteiger partial charge >= 0.3 is 0 Å². The van der Waals surface area contributed by atoms with Crippen molar-refractivity contribution in [2.24, 2.45) is 5.92 Å². The van der Waals surface area contributed by atoms with Crippen molar-refractivity contribution < 1.29 is 19.1 Å². The maximum absolute atomic E-state index is 12.9. The number of methoxy groups -OCH3 is 2. The fraction of sp³-hybridized carbons (Fsp3) is 0.217. The molecule has 1 aliphatic heterocycles. The van der Waals surface area contributed by atoms with Crippen LogP contribution in [0.3, 0.4) is 0 Å². The number of anilines is 2. The molecular weight excluding hydrogens is 412 g/mol. The number of hydrogen-bond acceptors (Lipinski definition) is 6. The SMILES string of the molecule is COc1ccc(N2C[C@H](C(=O)Nc3cccc(-c4ccc(=O)[nH]n4)c3)CC2=O)cc1OC. The minimum atomic E-state index is -0.495. The maximum atomic E-state index is 12.9. The van der Waals surface area contributed by atoms with E-state index in [1.807, 2.05) is 6.07 Å². The predicted octanol–water partition coefficient (Wildman–Crippen LogP) is 2.45. The second-order valence-electron chi connectivity index (χ2n) is 7.32. The van der Waals surface area contributed by atoms with E-state index in [1.54, 1.807) is 54.5 Å². The van der Waals surface area contributed by atoms with Crippen LogP contribution in [0, 0.1) is 5.92 Å². The van der Waals surface area contributed by atoms with Crippen LogP contribution >= 0.6 is 0 Å². The molecule has 2 heterocycles. The molecule has 3 aromatic rings. The number of amides is 2. The van der Waals surface area contributed by atoms with Gasteiger partial charge in [-0.2, -0.15) is 5.10 Å². The summed E-state index contributed by atoms with van der Waals surface area (Å²) in [7, 11) is 3.07. The summed E-state index contributed by atoms with van der Waals surface area (Å²) in [6.07, 6.45) is 0.112. The number of aromatic amines is 1. The van der Waals surface area contributed by atoms with Crippen LogP contribution < -0.4 is 25.2 Å². The number of aromatic nitrogens is 2. The van der Waals surface area contributed by atoms with Crippen molar-refractivity contribution in [2.75, 3.05) is 31.0 Å². The van der Waals surface area contributed by atoms with Gasteiger partial charge in [0.1, 0.15) is 0 Å². The Hall–Kier alpha value is -4.14. The molecule has 1 aliphatic rings. The second kappa shape index (κ2) is 8.93. The summed E-state index contributed by atoms with van der Waals surface area (Å²) in [5.41, 5.74) is 2.26. The van der Waals surface area contributed by atoms with E-state index in [0.29, 0.717) is 28.6 Å². The molecule has 1 aromatic heterocycles. The summed E-state index contributed by atoms with van der Waals surface area (Å²) in [5, 5.41) is 9.27. The van der Waals surface area contributed by atoms with Crippen LogP contribution in [0.25, 0.3) is 11.3 Å². The Balaban J connectivity index is 1.47. The van der Waals surface area contributed by atoms with Crippen molar-refractivity contribution >= 4 is 23.2 Å². The topological polar surface area (TPSA) is 114 Å². The standard InChI is InChI=1S/C23H22N4O5/c1-31-19-8-6-17(12-20(19)32-2)27-13-15(11-22(27)29)23(30)24-16-5-3-4-14(10-16)18-7-9-21(28)26-25-18/h3-10,12,15H,11,13H2,1-2H3,(H,24,30)(H,26,28)/t15-/m1/s1. The molecule has 0 bridgehead atoms. The first-order valence-corrected chi connectivity index (χ1v) is 9.98. The molecule has 32 heavy (non-hydrogen) atoms. The summed E-state index contributed by atoms with van der Waals surface area (Å²) >= 11 is 0. The lowest BCUT2D eigenvalue weighted by atomic mass is 10.1. The van der Waals surface area contributed by atoms with Gasteiger partial charge in [-0.1, -0.05) is 12.1 Å². The van der Waals surface area contributed by atoms with Crippen molar-refractivity contribution in [2.45, 2.75) is 6.42 Å². The Kier molecular flexibility index (Phi) is 5.89. The van der Waals surface area contributed by atoms with Gasteiger partial charge in [0.2, 0.25) is 11.8 Å². The zero-order valence-corrected chi connectivity index (χ0v) is 17.6. The molecular formula is C23H22N4O5. The second-order valence-corrected chi connectivity index (χ2v) is 7.32. The van der Waals surface area contributed by atoms with Gasteiger partial charge in [-0.3, -0.25) is 14.4 Å². The number of ether oxygens (including phenoxy) is 2. The zero-order valence-electron chi connectivity index (χ0n) is 17.6. The lowest BCUT2D eigenvalue weighted by Crippen LogP contribution is -2.28. The Morgan fingerprint density at radius 1 is 1.06 bits per heavy atom. The summed E-state index contributed by atoms with van der Waals surface area (Å²) < 4.78 is 10.6. The van der Waals surface area contributed by atoms with Crippen molar-refractivity contribution in [3.8, 4) is 22.8 Å². The van der Waals surface area contributed by atoms with Gasteiger partial charge in [-0.25, -0.2) is 5.10 Å². The number of benzene rings is 2. The molecule has 0 aliphatic carbocycles. The Bertz CT molecular complexity index is 1200. The lowest BCUT2D eigenvalue weighted by Gasteiger charge is -2.18. The average molecular weight is 434 g/mol. The fourth-order valence-corrected chi connectivity index (χ4v) is 3.63. The number of nitrogens with one attached hydrogen (secondary N) is 2. The summed E-state index contributed by atoms with van der Waals surface area (Å²) in [6.45, 7) is 0.265. The smallest absolute Gasteiger partial charge is 0.264 e. The van der Waals surface area contributed by atoms with Gasteiger partial charge in [0.05, 0.1) is 25.8 Å². The minimum Gasteiger partial charge on any atom is -0.493 e. The van der Waals surface area contributed by atoms with Crippen LogP contribution in [0.2, 0.25) is 0 Å². The highest BCUT2D eigenvalue weighted by Gasteiger charge is 2.35. The molecule has 0 unspecified atom stereocenters. The van der Waals surface area contributed by atoms with Gasteiger partial charge in [-0.15, -0.1) is 0 Å². The van der Waals surface area contributed by atoms with Gasteiger partial charge in [-0.05, 0) is 30.3 Å². The van der Waals surface area contributed by atoms with Crippen LogP contribution in [0.1, 0.15) is 6.42 Å². The third-order valence-electron chi connectivity index (χ3n) is 5.28. The van der Waals surface area contributed by atoms with Crippen molar-refractivity contribution in [1.29, 1.82) is 0 Å². The Morgan fingerprint density at radius 3 is 2.59 bits per heavy atom. The summed E-state index contributed by atoms with van der Waals surface area (Å²) in [6, 6.07) is 15.3. The number of carbonyl (C=O) groups is 2. The molecule has 4 rings (SSSR count). The Morgan fingerprint density at radius 2 is 1.88 bits per heavy atom. The Labute approximate surface area is 184 Å². The van der Waals surface area contributed by atoms with E-state index < -0.39 is 5.92 Å².